The number of hydrogen-bond acceptors (Lipinski definition) is 3. The van der Waals surface area contributed by atoms with Crippen molar-refractivity contribution < 1.29 is 19.1 Å². The third-order valence-corrected chi connectivity index (χ3v) is 3.06. The first kappa shape index (κ1) is 12.5. The van der Waals surface area contributed by atoms with E-state index >= 15 is 0 Å². The number of carbonyl (C=O) groups excluding carboxylic acids is 1. The highest BCUT2D eigenvalue weighted by atomic mass is 19.1. The maximum absolute atomic E-state index is 13.6. The lowest BCUT2D eigenvalue weighted by molar-refractivity contribution is -0.141. The molecule has 0 aromatic heterocycles. The second kappa shape index (κ2) is 4.73. The summed E-state index contributed by atoms with van der Waals surface area (Å²) >= 11 is 0. The van der Waals surface area contributed by atoms with Gasteiger partial charge in [0.05, 0.1) is 11.6 Å². The molecule has 0 radical (unpaired) electrons. The van der Waals surface area contributed by atoms with E-state index in [0.29, 0.717) is 5.69 Å². The van der Waals surface area contributed by atoms with Gasteiger partial charge in [-0.1, -0.05) is 6.07 Å². The van der Waals surface area contributed by atoms with Gasteiger partial charge < -0.3 is 15.7 Å². The summed E-state index contributed by atoms with van der Waals surface area (Å²) in [7, 11) is 0. The summed E-state index contributed by atoms with van der Waals surface area (Å²) in [5, 5.41) is 8.90. The number of anilines is 1. The van der Waals surface area contributed by atoms with Crippen LogP contribution < -0.4 is 10.6 Å². The Morgan fingerprint density at radius 1 is 1.56 bits per heavy atom. The fourth-order valence-corrected chi connectivity index (χ4v) is 2.11. The van der Waals surface area contributed by atoms with Crippen molar-refractivity contribution in [2.75, 3.05) is 11.4 Å². The first-order chi connectivity index (χ1) is 8.54. The SMILES string of the molecule is NCc1c(F)cccc1N1CC(C(=O)O)CC1=O. The van der Waals surface area contributed by atoms with Gasteiger partial charge in [-0.3, -0.25) is 9.59 Å². The molecule has 0 spiro atoms. The summed E-state index contributed by atoms with van der Waals surface area (Å²) in [5.74, 6) is -2.56. The molecule has 5 nitrogen and oxygen atoms in total. The lowest BCUT2D eigenvalue weighted by Crippen LogP contribution is -2.27. The highest BCUT2D eigenvalue weighted by Crippen LogP contribution is 2.29. The highest BCUT2D eigenvalue weighted by Gasteiger charge is 2.36. The van der Waals surface area contributed by atoms with Gasteiger partial charge in [0.25, 0.3) is 0 Å². The van der Waals surface area contributed by atoms with E-state index in [1.54, 1.807) is 6.07 Å². The average molecular weight is 252 g/mol. The number of nitrogens with two attached hydrogens (primary N) is 1. The molecule has 18 heavy (non-hydrogen) atoms. The van der Waals surface area contributed by atoms with Gasteiger partial charge in [0.2, 0.25) is 5.91 Å². The van der Waals surface area contributed by atoms with E-state index in [4.69, 9.17) is 10.8 Å². The van der Waals surface area contributed by atoms with Crippen molar-refractivity contribution >= 4 is 17.6 Å². The number of nitrogens with zero attached hydrogens (tertiary/aromatic N) is 1. The number of benzene rings is 1. The quantitative estimate of drug-likeness (QED) is 0.830. The van der Waals surface area contributed by atoms with E-state index in [2.05, 4.69) is 0 Å². The minimum Gasteiger partial charge on any atom is -0.481 e. The van der Waals surface area contributed by atoms with Crippen LogP contribution in [0, 0.1) is 11.7 Å². The lowest BCUT2D eigenvalue weighted by atomic mass is 10.1. The van der Waals surface area contributed by atoms with Crippen molar-refractivity contribution in [1.82, 2.24) is 0 Å². The van der Waals surface area contributed by atoms with Gasteiger partial charge in [-0.2, -0.15) is 0 Å². The van der Waals surface area contributed by atoms with E-state index < -0.39 is 17.7 Å². The fourth-order valence-electron chi connectivity index (χ4n) is 2.11. The molecular formula is C12H13FN2O3. The molecule has 96 valence electrons. The Labute approximate surface area is 103 Å². The van der Waals surface area contributed by atoms with Crippen molar-refractivity contribution in [1.29, 1.82) is 0 Å². The molecule has 1 unspecified atom stereocenters. The molecule has 0 aliphatic carbocycles. The topological polar surface area (TPSA) is 83.6 Å². The molecule has 1 saturated heterocycles. The smallest absolute Gasteiger partial charge is 0.308 e. The number of halogens is 1. The number of carboxylic acids is 1. The third-order valence-electron chi connectivity index (χ3n) is 3.06. The molecule has 0 saturated carbocycles. The standard InChI is InChI=1S/C12H13FN2O3/c13-9-2-1-3-10(8(9)5-14)15-6-7(12(17)18)4-11(15)16/h1-3,7H,4-6,14H2,(H,17,18). The van der Waals surface area contributed by atoms with Crippen LogP contribution in [0.15, 0.2) is 18.2 Å². The monoisotopic (exact) mass is 252 g/mol. The largest absolute Gasteiger partial charge is 0.481 e. The van der Waals surface area contributed by atoms with Gasteiger partial charge in [-0.15, -0.1) is 0 Å². The second-order valence-corrected chi connectivity index (χ2v) is 4.19. The lowest BCUT2D eigenvalue weighted by Gasteiger charge is -2.19. The molecule has 1 aliphatic heterocycles. The first-order valence-electron chi connectivity index (χ1n) is 5.55. The van der Waals surface area contributed by atoms with Crippen molar-refractivity contribution in [2.45, 2.75) is 13.0 Å². The zero-order valence-electron chi connectivity index (χ0n) is 9.60. The van der Waals surface area contributed by atoms with Gasteiger partial charge in [0.15, 0.2) is 0 Å². The molecular weight excluding hydrogens is 239 g/mol. The predicted molar refractivity (Wildman–Crippen MR) is 62.4 cm³/mol. The van der Waals surface area contributed by atoms with Crippen LogP contribution in [0.5, 0.6) is 0 Å². The fraction of sp³-hybridized carbons (Fsp3) is 0.333. The van der Waals surface area contributed by atoms with Crippen LogP contribution in [0.3, 0.4) is 0 Å². The molecule has 1 heterocycles. The number of hydrogen-bond donors (Lipinski definition) is 2. The van der Waals surface area contributed by atoms with Crippen molar-refractivity contribution in [3.8, 4) is 0 Å². The Morgan fingerprint density at radius 2 is 2.28 bits per heavy atom. The van der Waals surface area contributed by atoms with Gasteiger partial charge in [-0.25, -0.2) is 4.39 Å². The van der Waals surface area contributed by atoms with Crippen LogP contribution in [0.2, 0.25) is 0 Å². The Morgan fingerprint density at radius 3 is 2.83 bits per heavy atom. The van der Waals surface area contributed by atoms with Crippen molar-refractivity contribution in [3.63, 3.8) is 0 Å². The van der Waals surface area contributed by atoms with E-state index in [-0.39, 0.29) is 31.0 Å². The number of aliphatic carboxylic acids is 1. The summed E-state index contributed by atoms with van der Waals surface area (Å²) < 4.78 is 13.6. The molecule has 3 N–H and O–H groups in total. The van der Waals surface area contributed by atoms with Gasteiger partial charge in [-0.05, 0) is 12.1 Å². The first-order valence-corrected chi connectivity index (χ1v) is 5.55. The Kier molecular flexibility index (Phi) is 3.29. The van der Waals surface area contributed by atoms with Crippen LogP contribution >= 0.6 is 0 Å². The van der Waals surface area contributed by atoms with Crippen LogP contribution in [0.1, 0.15) is 12.0 Å². The summed E-state index contributed by atoms with van der Waals surface area (Å²) in [6.07, 6.45) is -0.0597. The molecule has 1 aromatic rings. The molecule has 1 amide bonds. The maximum atomic E-state index is 13.6. The Bertz CT molecular complexity index is 504. The van der Waals surface area contributed by atoms with Crippen LogP contribution in [-0.4, -0.2) is 23.5 Å². The van der Waals surface area contributed by atoms with Crippen molar-refractivity contribution in [2.24, 2.45) is 11.7 Å². The number of amides is 1. The van der Waals surface area contributed by atoms with Gasteiger partial charge in [0, 0.05) is 25.1 Å². The summed E-state index contributed by atoms with van der Waals surface area (Å²) in [5.41, 5.74) is 6.06. The van der Waals surface area contributed by atoms with Gasteiger partial charge >= 0.3 is 5.97 Å². The normalized spacial score (nSPS) is 19.3. The molecule has 1 aromatic carbocycles. The minimum absolute atomic E-state index is 0.0382. The second-order valence-electron chi connectivity index (χ2n) is 4.19. The van der Waals surface area contributed by atoms with Crippen LogP contribution in [-0.2, 0) is 16.1 Å². The van der Waals surface area contributed by atoms with Gasteiger partial charge in [0.1, 0.15) is 5.82 Å². The van der Waals surface area contributed by atoms with E-state index in [1.807, 2.05) is 0 Å². The number of carbonyl (C=O) groups is 2. The summed E-state index contributed by atoms with van der Waals surface area (Å²) in [4.78, 5) is 23.9. The number of rotatable bonds is 3. The van der Waals surface area contributed by atoms with E-state index in [9.17, 15) is 14.0 Å². The molecule has 1 atom stereocenters. The summed E-state index contributed by atoms with van der Waals surface area (Å²) in [6, 6.07) is 4.32. The molecule has 6 heteroatoms. The van der Waals surface area contributed by atoms with E-state index in [0.717, 1.165) is 0 Å². The minimum atomic E-state index is -1.02. The zero-order valence-corrected chi connectivity index (χ0v) is 9.60. The van der Waals surface area contributed by atoms with Crippen LogP contribution in [0.25, 0.3) is 0 Å². The van der Waals surface area contributed by atoms with Crippen LogP contribution in [0.4, 0.5) is 10.1 Å². The zero-order chi connectivity index (χ0) is 13.3. The van der Waals surface area contributed by atoms with E-state index in [1.165, 1.54) is 17.0 Å². The summed E-state index contributed by atoms with van der Waals surface area (Å²) in [6.45, 7) is 0.0220. The molecule has 0 bridgehead atoms. The number of carboxylic acid groups (broad SMARTS) is 1. The molecule has 2 rings (SSSR count). The maximum Gasteiger partial charge on any atom is 0.308 e. The third kappa shape index (κ3) is 2.06. The Hall–Kier alpha value is -1.95. The Balaban J connectivity index is 2.35. The average Bonchev–Trinajstić information content (AvgIpc) is 2.71. The highest BCUT2D eigenvalue weighted by molar-refractivity contribution is 5.99. The molecule has 1 aliphatic rings. The predicted octanol–water partition coefficient (Wildman–Crippen LogP) is 0.722. The van der Waals surface area contributed by atoms with Crippen molar-refractivity contribution in [3.05, 3.63) is 29.6 Å². The molecule has 1 fully saturated rings.